The molecule has 3 N–H and O–H groups in total. The average molecular weight is 1450 g/mol. The van der Waals surface area contributed by atoms with Gasteiger partial charge in [-0.05, 0) is 128 Å². The van der Waals surface area contributed by atoms with E-state index in [0.717, 1.165) is 138 Å². The molecule has 35 heteroatoms. The first-order valence-corrected chi connectivity index (χ1v) is 35.0. The quantitative estimate of drug-likeness (QED) is 0.0677. The van der Waals surface area contributed by atoms with Crippen LogP contribution in [-0.2, 0) is 95.5 Å². The van der Waals surface area contributed by atoms with Crippen molar-refractivity contribution in [2.75, 3.05) is 69.1 Å². The average Bonchev–Trinajstić information content (AvgIpc) is 0.917. The highest BCUT2D eigenvalue weighted by molar-refractivity contribution is 6.16. The Morgan fingerprint density at radius 3 is 1.07 bits per heavy atom. The highest BCUT2D eigenvalue weighted by atomic mass is 16.6. The normalized spacial score (nSPS) is 21.1. The molecule has 7 atom stereocenters. The van der Waals surface area contributed by atoms with Crippen molar-refractivity contribution in [3.05, 3.63) is 25.3 Å². The highest BCUT2D eigenvalue weighted by Crippen LogP contribution is 2.23. The van der Waals surface area contributed by atoms with Gasteiger partial charge < -0.3 is 77.6 Å². The number of ether oxygens (including phenoxy) is 7. The molecular formula is C68H113B6N7O22. The molecule has 7 amide bonds. The molecule has 7 aliphatic rings. The minimum atomic E-state index is -0.430. The number of hydrogen-bond acceptors (Lipinski definition) is 22. The Kier molecular flexibility index (Phi) is 60.5. The molecule has 7 rings (SSSR count). The minimum absolute atomic E-state index is 0.00400. The topological polar surface area (TPSA) is 358 Å². The van der Waals surface area contributed by atoms with Gasteiger partial charge in [-0.1, -0.05) is 26.0 Å². The molecule has 0 bridgehead atoms. The Morgan fingerprint density at radius 1 is 0.456 bits per heavy atom. The first-order valence-electron chi connectivity index (χ1n) is 35.0. The molecule has 7 unspecified atom stereocenters. The zero-order chi connectivity index (χ0) is 78.8. The third kappa shape index (κ3) is 47.8. The number of piperidine rings is 7. The predicted octanol–water partition coefficient (Wildman–Crippen LogP) is 3.69. The first-order chi connectivity index (χ1) is 48.9. The standard InChI is InChI=1S/2C10H16BNO3.C9H14BNO4.C7H10BNO.C7H13NO.2C6H10BNO2.C5H10O2.C5H8O2.C3H6O2/c2*1-15-10(14)7-3-5-8-4-2-6-9(13)12(8)11;1-14-9(13)6-15-5-7-3-2-4-8(12)11(7)10;1-2-6-4-3-5-7(10)9(6)8;1-2-6-4-3-5-7(9)8-6;2*7-8-5(4-9)2-1-3-6(8)10;2*1-3-4-5(6)7-2;1-3(4)5-2/h2*8H,2-7H2,1H3;7H,2-6H2,1H3;2,6H,1,3-5H2;6H,2-5H2,1H3,(H,8,9);2*5,9H,1-4H2;3-4H2,1-2H3;3H,1,4H2,2H3;1-2H3. The van der Waals surface area contributed by atoms with Crippen LogP contribution >= 0.6 is 0 Å². The van der Waals surface area contributed by atoms with Gasteiger partial charge in [0.1, 0.15) is 6.61 Å². The van der Waals surface area contributed by atoms with Gasteiger partial charge in [0.15, 0.2) is 0 Å². The Morgan fingerprint density at radius 2 is 0.786 bits per heavy atom. The van der Waals surface area contributed by atoms with E-state index >= 15 is 0 Å². The van der Waals surface area contributed by atoms with E-state index in [0.29, 0.717) is 70.3 Å². The molecule has 7 saturated heterocycles. The monoisotopic (exact) mass is 1450 g/mol. The Bertz CT molecular complexity index is 2380. The second-order valence-electron chi connectivity index (χ2n) is 24.3. The maximum atomic E-state index is 11.3. The van der Waals surface area contributed by atoms with Gasteiger partial charge >= 0.3 is 35.8 Å². The summed E-state index contributed by atoms with van der Waals surface area (Å²) in [5, 5.41) is 20.3. The number of nitrogens with zero attached hydrogens (tertiary/aromatic N) is 6. The molecule has 7 heterocycles. The maximum Gasteiger partial charge on any atom is 0.331 e. The van der Waals surface area contributed by atoms with Crippen LogP contribution < -0.4 is 5.32 Å². The van der Waals surface area contributed by atoms with Gasteiger partial charge in [-0.2, -0.15) is 0 Å². The summed E-state index contributed by atoms with van der Waals surface area (Å²) in [6.07, 6.45) is 26.5. The van der Waals surface area contributed by atoms with E-state index in [2.05, 4.69) is 53.8 Å². The number of hydrogen-bond donors (Lipinski definition) is 3. The van der Waals surface area contributed by atoms with Crippen molar-refractivity contribution in [1.82, 2.24) is 34.2 Å². The van der Waals surface area contributed by atoms with Gasteiger partial charge in [-0.25, -0.2) is 4.79 Å². The Balaban J connectivity index is -0.00000110. The van der Waals surface area contributed by atoms with E-state index in [1.165, 1.54) is 81.3 Å². The summed E-state index contributed by atoms with van der Waals surface area (Å²) >= 11 is 0. The van der Waals surface area contributed by atoms with Crippen molar-refractivity contribution in [2.45, 2.75) is 262 Å². The Hall–Kier alpha value is -7.14. The van der Waals surface area contributed by atoms with Gasteiger partial charge in [0.05, 0.1) is 68.9 Å². The number of carbonyl (C=O) groups is 13. The summed E-state index contributed by atoms with van der Waals surface area (Å²) in [4.78, 5) is 147. The molecule has 103 heavy (non-hydrogen) atoms. The highest BCUT2D eigenvalue weighted by Gasteiger charge is 2.28. The van der Waals surface area contributed by atoms with E-state index in [1.54, 1.807) is 6.08 Å². The molecule has 0 aromatic carbocycles. The lowest BCUT2D eigenvalue weighted by Crippen LogP contribution is -2.44. The van der Waals surface area contributed by atoms with Crippen molar-refractivity contribution < 1.29 is 106 Å². The van der Waals surface area contributed by atoms with E-state index in [-0.39, 0.29) is 134 Å². The number of esters is 6. The molecule has 29 nitrogen and oxygen atoms in total. The van der Waals surface area contributed by atoms with E-state index < -0.39 is 5.97 Å². The van der Waals surface area contributed by atoms with Crippen LogP contribution in [0.1, 0.15) is 220 Å². The minimum Gasteiger partial charge on any atom is -0.469 e. The maximum absolute atomic E-state index is 11.3. The number of nitrogens with one attached hydrogen (secondary N) is 1. The number of methoxy groups -OCH3 is 6. The zero-order valence-corrected chi connectivity index (χ0v) is 62.6. The molecule has 7 aliphatic heterocycles. The van der Waals surface area contributed by atoms with Crippen LogP contribution in [-0.4, -0.2) is 276 Å². The van der Waals surface area contributed by atoms with Gasteiger partial charge in [0.2, 0.25) is 89.2 Å². The van der Waals surface area contributed by atoms with Crippen molar-refractivity contribution in [1.29, 1.82) is 0 Å². The molecule has 0 aromatic heterocycles. The summed E-state index contributed by atoms with van der Waals surface area (Å²) in [5.74, 6) is -1.40. The fourth-order valence-corrected chi connectivity index (χ4v) is 10.2. The van der Waals surface area contributed by atoms with E-state index in [4.69, 9.17) is 62.8 Å². The molecule has 0 saturated carbocycles. The summed E-state index contributed by atoms with van der Waals surface area (Å²) in [6, 6.07) is 0.276. The lowest BCUT2D eigenvalue weighted by molar-refractivity contribution is -0.147. The summed E-state index contributed by atoms with van der Waals surface area (Å²) < 4.78 is 31.3. The smallest absolute Gasteiger partial charge is 0.331 e. The third-order valence-electron chi connectivity index (χ3n) is 16.6. The largest absolute Gasteiger partial charge is 0.469 e. The lowest BCUT2D eigenvalue weighted by Gasteiger charge is -2.33. The molecule has 0 spiro atoms. The summed E-state index contributed by atoms with van der Waals surface area (Å²) in [5.41, 5.74) is 0. The molecular weight excluding hydrogens is 1330 g/mol. The molecule has 12 radical (unpaired) electrons. The van der Waals surface area contributed by atoms with Crippen LogP contribution in [0.3, 0.4) is 0 Å². The van der Waals surface area contributed by atoms with Crippen LogP contribution in [0.2, 0.25) is 0 Å². The van der Waals surface area contributed by atoms with Crippen molar-refractivity contribution >= 4 is 125 Å². The summed E-state index contributed by atoms with van der Waals surface area (Å²) in [6.45, 7) is 12.5. The van der Waals surface area contributed by atoms with E-state index in [9.17, 15) is 62.3 Å². The lowest BCUT2D eigenvalue weighted by atomic mass is 9.94. The predicted molar refractivity (Wildman–Crippen MR) is 388 cm³/mol. The molecule has 570 valence electrons. The first kappa shape index (κ1) is 100. The van der Waals surface area contributed by atoms with Crippen molar-refractivity contribution in [3.63, 3.8) is 0 Å². The number of amides is 7. The van der Waals surface area contributed by atoms with Crippen molar-refractivity contribution in [2.24, 2.45) is 0 Å². The fourth-order valence-electron chi connectivity index (χ4n) is 10.2. The fraction of sp³-hybridized carbons (Fsp3) is 0.750. The molecule has 0 aromatic rings. The van der Waals surface area contributed by atoms with Gasteiger partial charge in [0, 0.05) is 113 Å². The van der Waals surface area contributed by atoms with Crippen LogP contribution in [0.4, 0.5) is 0 Å². The summed E-state index contributed by atoms with van der Waals surface area (Å²) in [7, 11) is 41.2. The zero-order valence-electron chi connectivity index (χ0n) is 62.6. The molecule has 7 fully saturated rings. The second kappa shape index (κ2) is 62.3. The SMILES string of the molecule is C=CCC(=O)OC.CCC1CCCC(=O)N1.CCCC(=O)OC.COC(C)=O.[B]N1C(=O)CCCC1C=C.[B]N1C(=O)CCCC1CCCC(=O)OC.[B]N1C(=O)CCCC1CCCC(=O)OC.[B]N1C(=O)CCCC1CO.[B]N1C(=O)CCCC1CO.[B]N1C(=O)CCCC1COCC(=O)OC. The van der Waals surface area contributed by atoms with Gasteiger partial charge in [-0.3, -0.25) is 57.5 Å². The van der Waals surface area contributed by atoms with Crippen LogP contribution in [0.15, 0.2) is 25.3 Å². The third-order valence-corrected chi connectivity index (χ3v) is 16.6. The number of aliphatic hydroxyl groups is 2. The van der Waals surface area contributed by atoms with Crippen molar-refractivity contribution in [3.8, 4) is 0 Å². The Labute approximate surface area is 618 Å². The van der Waals surface area contributed by atoms with Gasteiger partial charge in [0.25, 0.3) is 0 Å². The van der Waals surface area contributed by atoms with Crippen LogP contribution in [0.5, 0.6) is 0 Å². The van der Waals surface area contributed by atoms with Gasteiger partial charge in [-0.15, -0.1) is 13.2 Å². The second-order valence-corrected chi connectivity index (χ2v) is 24.3. The number of rotatable bonds is 20. The molecule has 0 aliphatic carbocycles. The number of aliphatic hydroxyl groups excluding tert-OH is 2. The van der Waals surface area contributed by atoms with E-state index in [1.807, 2.05) is 6.92 Å². The van der Waals surface area contributed by atoms with Crippen LogP contribution in [0, 0.1) is 0 Å². The number of carbonyl (C=O) groups excluding carboxylic acids is 13. The van der Waals surface area contributed by atoms with Crippen LogP contribution in [0.25, 0.3) is 0 Å².